The van der Waals surface area contributed by atoms with E-state index in [0.29, 0.717) is 6.42 Å². The summed E-state index contributed by atoms with van der Waals surface area (Å²) in [5.41, 5.74) is -0.205. The minimum absolute atomic E-state index is 0.0752. The number of methoxy groups -OCH3 is 1. The monoisotopic (exact) mass is 358 g/mol. The Hall–Kier alpha value is -2.00. The second-order valence-corrected chi connectivity index (χ2v) is 7.52. The maximum absolute atomic E-state index is 12.8. The molecule has 1 rings (SSSR count). The molecule has 0 heterocycles. The summed E-state index contributed by atoms with van der Waals surface area (Å²) in [6.45, 7) is 5.45. The second kappa shape index (κ2) is 8.20. The summed E-state index contributed by atoms with van der Waals surface area (Å²) in [5.74, 6) is -0.550. The number of sulfonamides is 1. The quantitative estimate of drug-likeness (QED) is 0.400. The Balaban J connectivity index is 3.27. The molecule has 1 aromatic carbocycles. The predicted octanol–water partition coefficient (Wildman–Crippen LogP) is 2.19. The average Bonchev–Trinajstić information content (AvgIpc) is 2.53. The topological polar surface area (TPSA) is 107 Å². The zero-order valence-electron chi connectivity index (χ0n) is 14.1. The SMILES string of the molecule is CCN([C@@H](CC(C)C)C(=O)OC)S(=O)(=O)c1ccc([N+](=O)[O-])cc1. The fourth-order valence-corrected chi connectivity index (χ4v) is 3.94. The van der Waals surface area contributed by atoms with Gasteiger partial charge in [-0.05, 0) is 24.5 Å². The first-order chi connectivity index (χ1) is 11.1. The number of nitrogens with zero attached hydrogens (tertiary/aromatic N) is 2. The van der Waals surface area contributed by atoms with Gasteiger partial charge in [-0.2, -0.15) is 4.31 Å². The largest absolute Gasteiger partial charge is 0.468 e. The lowest BCUT2D eigenvalue weighted by Gasteiger charge is -2.29. The normalized spacial score (nSPS) is 13.1. The lowest BCUT2D eigenvalue weighted by molar-refractivity contribution is -0.384. The number of ether oxygens (including phenoxy) is 1. The van der Waals surface area contributed by atoms with E-state index in [2.05, 4.69) is 0 Å². The third kappa shape index (κ3) is 4.51. The number of likely N-dealkylation sites (N-methyl/N-ethyl adjacent to an activating group) is 1. The number of carbonyl (C=O) groups is 1. The van der Waals surface area contributed by atoms with Crippen molar-refractivity contribution in [2.24, 2.45) is 5.92 Å². The van der Waals surface area contributed by atoms with Gasteiger partial charge in [-0.1, -0.05) is 20.8 Å². The molecule has 0 saturated heterocycles. The molecule has 0 aliphatic carbocycles. The fraction of sp³-hybridized carbons (Fsp3) is 0.533. The number of esters is 1. The molecule has 0 bridgehead atoms. The molecule has 0 radical (unpaired) electrons. The van der Waals surface area contributed by atoms with Crippen molar-refractivity contribution in [1.82, 2.24) is 4.31 Å². The van der Waals surface area contributed by atoms with E-state index in [0.717, 1.165) is 16.4 Å². The van der Waals surface area contributed by atoms with Crippen LogP contribution in [-0.4, -0.2) is 43.3 Å². The highest BCUT2D eigenvalue weighted by Crippen LogP contribution is 2.24. The molecule has 1 aromatic rings. The smallest absolute Gasteiger partial charge is 0.324 e. The van der Waals surface area contributed by atoms with E-state index in [-0.39, 0.29) is 23.0 Å². The van der Waals surface area contributed by atoms with Crippen molar-refractivity contribution in [2.45, 2.75) is 38.1 Å². The van der Waals surface area contributed by atoms with Crippen LogP contribution in [0.4, 0.5) is 5.69 Å². The van der Waals surface area contributed by atoms with Crippen molar-refractivity contribution in [1.29, 1.82) is 0 Å². The van der Waals surface area contributed by atoms with Gasteiger partial charge >= 0.3 is 5.97 Å². The van der Waals surface area contributed by atoms with Crippen molar-refractivity contribution in [3.05, 3.63) is 34.4 Å². The van der Waals surface area contributed by atoms with Gasteiger partial charge in [0.05, 0.1) is 16.9 Å². The molecule has 24 heavy (non-hydrogen) atoms. The number of carbonyl (C=O) groups excluding carboxylic acids is 1. The highest BCUT2D eigenvalue weighted by Gasteiger charge is 2.36. The Morgan fingerprint density at radius 3 is 2.21 bits per heavy atom. The molecule has 0 unspecified atom stereocenters. The molecule has 0 aliphatic heterocycles. The lowest BCUT2D eigenvalue weighted by Crippen LogP contribution is -2.46. The summed E-state index contributed by atoms with van der Waals surface area (Å²) < 4.78 is 31.5. The van der Waals surface area contributed by atoms with Crippen molar-refractivity contribution < 1.29 is 22.9 Å². The summed E-state index contributed by atoms with van der Waals surface area (Å²) in [5, 5.41) is 10.7. The highest BCUT2D eigenvalue weighted by molar-refractivity contribution is 7.89. The minimum atomic E-state index is -3.98. The van der Waals surface area contributed by atoms with Gasteiger partial charge < -0.3 is 4.74 Å². The van der Waals surface area contributed by atoms with Gasteiger partial charge in [0.1, 0.15) is 6.04 Å². The number of hydrogen-bond donors (Lipinski definition) is 0. The van der Waals surface area contributed by atoms with Crippen molar-refractivity contribution in [3.63, 3.8) is 0 Å². The van der Waals surface area contributed by atoms with E-state index in [1.807, 2.05) is 13.8 Å². The molecule has 0 aliphatic rings. The molecule has 0 saturated carbocycles. The van der Waals surface area contributed by atoms with Gasteiger partial charge in [0.15, 0.2) is 0 Å². The molecule has 0 N–H and O–H groups in total. The average molecular weight is 358 g/mol. The van der Waals surface area contributed by atoms with Gasteiger partial charge in [0.25, 0.3) is 5.69 Å². The molecule has 1 atom stereocenters. The molecule has 134 valence electrons. The summed E-state index contributed by atoms with van der Waals surface area (Å²) in [6.07, 6.45) is 0.312. The van der Waals surface area contributed by atoms with Crippen LogP contribution in [0, 0.1) is 16.0 Å². The molecule has 9 heteroatoms. The molecule has 8 nitrogen and oxygen atoms in total. The van der Waals surface area contributed by atoms with Crippen LogP contribution in [0.1, 0.15) is 27.2 Å². The number of nitro groups is 1. The van der Waals surface area contributed by atoms with Gasteiger partial charge in [-0.3, -0.25) is 14.9 Å². The third-order valence-electron chi connectivity index (χ3n) is 3.48. The van der Waals surface area contributed by atoms with Crippen molar-refractivity contribution in [3.8, 4) is 0 Å². The molecule has 0 aromatic heterocycles. The van der Waals surface area contributed by atoms with Gasteiger partial charge in [-0.25, -0.2) is 8.42 Å². The Morgan fingerprint density at radius 2 is 1.83 bits per heavy atom. The third-order valence-corrected chi connectivity index (χ3v) is 5.48. The Kier molecular flexibility index (Phi) is 6.85. The Bertz CT molecular complexity index is 684. The van der Waals surface area contributed by atoms with E-state index in [1.54, 1.807) is 6.92 Å². The first-order valence-corrected chi connectivity index (χ1v) is 8.93. The lowest BCUT2D eigenvalue weighted by atomic mass is 10.0. The summed E-state index contributed by atoms with van der Waals surface area (Å²) in [4.78, 5) is 22.0. The summed E-state index contributed by atoms with van der Waals surface area (Å²) >= 11 is 0. The van der Waals surface area contributed by atoms with Crippen LogP contribution in [0.3, 0.4) is 0 Å². The zero-order valence-corrected chi connectivity index (χ0v) is 14.9. The summed E-state index contributed by atoms with van der Waals surface area (Å²) in [6, 6.07) is 3.63. The maximum atomic E-state index is 12.8. The standard InChI is InChI=1S/C15H22N2O6S/c1-5-16(14(10-11(2)3)15(18)23-4)24(21,22)13-8-6-12(7-9-13)17(19)20/h6-9,11,14H,5,10H2,1-4H3/t14-/m0/s1. The van der Waals surface area contributed by atoms with Crippen molar-refractivity contribution in [2.75, 3.05) is 13.7 Å². The van der Waals surface area contributed by atoms with Crippen LogP contribution in [-0.2, 0) is 19.6 Å². The highest BCUT2D eigenvalue weighted by atomic mass is 32.2. The van der Waals surface area contributed by atoms with Gasteiger partial charge in [-0.15, -0.1) is 0 Å². The van der Waals surface area contributed by atoms with Crippen LogP contribution in [0.15, 0.2) is 29.2 Å². The number of nitro benzene ring substituents is 1. The van der Waals surface area contributed by atoms with E-state index in [1.165, 1.54) is 19.2 Å². The number of non-ortho nitro benzene ring substituents is 1. The van der Waals surface area contributed by atoms with E-state index >= 15 is 0 Å². The van der Waals surface area contributed by atoms with Crippen LogP contribution < -0.4 is 0 Å². The Labute approximate surface area is 141 Å². The predicted molar refractivity (Wildman–Crippen MR) is 87.9 cm³/mol. The molecular weight excluding hydrogens is 336 g/mol. The summed E-state index contributed by atoms with van der Waals surface area (Å²) in [7, 11) is -2.77. The second-order valence-electron chi connectivity index (χ2n) is 5.63. The molecule has 0 amide bonds. The maximum Gasteiger partial charge on any atom is 0.324 e. The molecular formula is C15H22N2O6S. The fourth-order valence-electron chi connectivity index (χ4n) is 2.35. The molecule has 0 fully saturated rings. The zero-order chi connectivity index (χ0) is 18.5. The van der Waals surface area contributed by atoms with Crippen LogP contribution in [0.5, 0.6) is 0 Å². The number of rotatable bonds is 8. The van der Waals surface area contributed by atoms with Crippen molar-refractivity contribution >= 4 is 21.7 Å². The number of benzene rings is 1. The first-order valence-electron chi connectivity index (χ1n) is 7.49. The van der Waals surface area contributed by atoms with Crippen LogP contribution in [0.2, 0.25) is 0 Å². The Morgan fingerprint density at radius 1 is 1.29 bits per heavy atom. The van der Waals surface area contributed by atoms with Crippen LogP contribution >= 0.6 is 0 Å². The minimum Gasteiger partial charge on any atom is -0.468 e. The molecule has 0 spiro atoms. The van der Waals surface area contributed by atoms with E-state index in [4.69, 9.17) is 4.74 Å². The van der Waals surface area contributed by atoms with E-state index in [9.17, 15) is 23.3 Å². The van der Waals surface area contributed by atoms with Crippen LogP contribution in [0.25, 0.3) is 0 Å². The number of hydrogen-bond acceptors (Lipinski definition) is 6. The first kappa shape index (κ1) is 20.0. The van der Waals surface area contributed by atoms with E-state index < -0.39 is 27.0 Å². The van der Waals surface area contributed by atoms with Gasteiger partial charge in [0.2, 0.25) is 10.0 Å². The van der Waals surface area contributed by atoms with Gasteiger partial charge in [0, 0.05) is 18.7 Å².